The number of amidine groups is 1. The zero-order valence-electron chi connectivity index (χ0n) is 12.6. The number of carbonyl (C=O) groups excluding carboxylic acids is 1. The number of fused-ring (bicyclic) bond motifs is 1. The third kappa shape index (κ3) is 3.88. The van der Waals surface area contributed by atoms with Gasteiger partial charge < -0.3 is 19.7 Å². The van der Waals surface area contributed by atoms with Gasteiger partial charge in [-0.1, -0.05) is 18.7 Å². The molecule has 1 saturated heterocycles. The summed E-state index contributed by atoms with van der Waals surface area (Å²) in [6.07, 6.45) is -2.41. The summed E-state index contributed by atoms with van der Waals surface area (Å²) in [6, 6.07) is -0.585. The Bertz CT molecular complexity index is 437. The normalized spacial score (nSPS) is 35.9. The Hall–Kier alpha value is -0.830. The molecule has 120 valence electrons. The molecule has 3 N–H and O–H groups in total. The molecule has 21 heavy (non-hydrogen) atoms. The fraction of sp³-hybridized carbons (Fsp3) is 0.846. The van der Waals surface area contributed by atoms with Crippen LogP contribution in [-0.4, -0.2) is 56.9 Å². The molecule has 0 aromatic rings. The molecule has 0 bridgehead atoms. The molecule has 2 aliphatic heterocycles. The summed E-state index contributed by atoms with van der Waals surface area (Å²) in [4.78, 5) is 15.9. The number of thioether (sulfide) groups is 1. The van der Waals surface area contributed by atoms with Crippen LogP contribution in [0.25, 0.3) is 0 Å². The largest absolute Gasteiger partial charge is 0.444 e. The van der Waals surface area contributed by atoms with Gasteiger partial charge in [-0.15, -0.1) is 0 Å². The van der Waals surface area contributed by atoms with Crippen molar-refractivity contribution in [1.82, 2.24) is 5.32 Å². The summed E-state index contributed by atoms with van der Waals surface area (Å²) in [5.41, 5.74) is -1.00. The fourth-order valence-corrected chi connectivity index (χ4v) is 3.32. The van der Waals surface area contributed by atoms with Gasteiger partial charge in [-0.2, -0.15) is 0 Å². The third-order valence-corrected chi connectivity index (χ3v) is 4.23. The Morgan fingerprint density at radius 1 is 1.43 bits per heavy atom. The lowest BCUT2D eigenvalue weighted by atomic mass is 9.97. The van der Waals surface area contributed by atoms with Gasteiger partial charge in [0.05, 0.1) is 6.10 Å². The van der Waals surface area contributed by atoms with Gasteiger partial charge in [0.2, 0.25) is 0 Å². The Morgan fingerprint density at radius 3 is 2.67 bits per heavy atom. The first-order valence-electron chi connectivity index (χ1n) is 6.97. The summed E-state index contributed by atoms with van der Waals surface area (Å²) in [5, 5.41) is 22.9. The first-order valence-corrected chi connectivity index (χ1v) is 7.85. The second-order valence-electron chi connectivity index (χ2n) is 6.10. The number of nitrogens with one attached hydrogen (secondary N) is 1. The van der Waals surface area contributed by atoms with Crippen molar-refractivity contribution in [1.29, 1.82) is 0 Å². The highest BCUT2D eigenvalue weighted by atomic mass is 32.2. The van der Waals surface area contributed by atoms with E-state index in [-0.39, 0.29) is 0 Å². The van der Waals surface area contributed by atoms with E-state index in [2.05, 4.69) is 10.3 Å². The molecule has 0 spiro atoms. The summed E-state index contributed by atoms with van der Waals surface area (Å²) in [7, 11) is 0. The van der Waals surface area contributed by atoms with Crippen LogP contribution < -0.4 is 5.32 Å². The van der Waals surface area contributed by atoms with E-state index in [1.165, 1.54) is 11.8 Å². The summed E-state index contributed by atoms with van der Waals surface area (Å²) >= 11 is 1.22. The number of aliphatic hydroxyl groups is 2. The Labute approximate surface area is 128 Å². The Morgan fingerprint density at radius 2 is 2.10 bits per heavy atom. The molecule has 0 saturated carbocycles. The number of hydrogen-bond donors (Lipinski definition) is 3. The maximum atomic E-state index is 11.7. The zero-order chi connectivity index (χ0) is 15.8. The van der Waals surface area contributed by atoms with Crippen molar-refractivity contribution in [2.75, 3.05) is 0 Å². The van der Waals surface area contributed by atoms with E-state index in [0.29, 0.717) is 11.6 Å². The minimum atomic E-state index is -1.00. The maximum Gasteiger partial charge on any atom is 0.413 e. The standard InChI is InChI=1S/C13H22N2O5S/c1-5-6-8(16)9(17)7-10(19-6)21-11(14-7)15-12(18)20-13(2,3)4/h6-10,16-17H,5H2,1-4H3,(H,14,15,18)/t6-,7-,8-,9-,10-/m1/s1. The minimum absolute atomic E-state index is 0.335. The molecule has 0 aromatic carbocycles. The van der Waals surface area contributed by atoms with Gasteiger partial charge in [-0.05, 0) is 27.2 Å². The second kappa shape index (κ2) is 6.12. The molecule has 8 heteroatoms. The molecule has 1 amide bonds. The van der Waals surface area contributed by atoms with Crippen molar-refractivity contribution in [2.45, 2.75) is 69.5 Å². The molecule has 0 aromatic heterocycles. The molecule has 5 atom stereocenters. The predicted octanol–water partition coefficient (Wildman–Crippen LogP) is 0.839. The van der Waals surface area contributed by atoms with Crippen molar-refractivity contribution in [3.8, 4) is 0 Å². The highest BCUT2D eigenvalue weighted by Crippen LogP contribution is 2.36. The first kappa shape index (κ1) is 16.5. The molecule has 1 fully saturated rings. The zero-order valence-corrected chi connectivity index (χ0v) is 13.4. The number of ether oxygens (including phenoxy) is 2. The van der Waals surface area contributed by atoms with Crippen LogP contribution in [0.1, 0.15) is 34.1 Å². The molecule has 2 heterocycles. The van der Waals surface area contributed by atoms with Gasteiger partial charge >= 0.3 is 6.09 Å². The molecular weight excluding hydrogens is 296 g/mol. The molecule has 7 nitrogen and oxygen atoms in total. The molecule has 0 aliphatic carbocycles. The average molecular weight is 318 g/mol. The van der Waals surface area contributed by atoms with Crippen molar-refractivity contribution in [3.05, 3.63) is 0 Å². The van der Waals surface area contributed by atoms with E-state index in [1.54, 1.807) is 20.8 Å². The van der Waals surface area contributed by atoms with E-state index in [4.69, 9.17) is 9.47 Å². The van der Waals surface area contributed by atoms with E-state index < -0.39 is 41.5 Å². The van der Waals surface area contributed by atoms with Crippen LogP contribution in [0.3, 0.4) is 0 Å². The summed E-state index contributed by atoms with van der Waals surface area (Å²) in [5.74, 6) is 0. The van der Waals surface area contributed by atoms with E-state index in [1.807, 2.05) is 6.92 Å². The molecule has 0 radical (unpaired) electrons. The molecule has 0 unspecified atom stereocenters. The van der Waals surface area contributed by atoms with Crippen LogP contribution >= 0.6 is 11.8 Å². The maximum absolute atomic E-state index is 11.7. The number of aliphatic imine (C=N–C) groups is 1. The van der Waals surface area contributed by atoms with E-state index >= 15 is 0 Å². The van der Waals surface area contributed by atoms with Gasteiger partial charge in [-0.25, -0.2) is 4.79 Å². The summed E-state index contributed by atoms with van der Waals surface area (Å²) < 4.78 is 10.8. The Kier molecular flexibility index (Phi) is 4.82. The second-order valence-corrected chi connectivity index (χ2v) is 7.19. The van der Waals surface area contributed by atoms with Gasteiger partial charge in [-0.3, -0.25) is 10.3 Å². The minimum Gasteiger partial charge on any atom is -0.444 e. The quantitative estimate of drug-likeness (QED) is 0.662. The number of rotatable bonds is 1. The Balaban J connectivity index is 1.99. The van der Waals surface area contributed by atoms with Crippen LogP contribution in [0, 0.1) is 0 Å². The van der Waals surface area contributed by atoms with Gasteiger partial charge in [0.25, 0.3) is 0 Å². The topological polar surface area (TPSA) is 100 Å². The van der Waals surface area contributed by atoms with Crippen LogP contribution in [0.15, 0.2) is 4.99 Å². The van der Waals surface area contributed by atoms with Crippen molar-refractivity contribution < 1.29 is 24.5 Å². The van der Waals surface area contributed by atoms with E-state index in [9.17, 15) is 15.0 Å². The lowest BCUT2D eigenvalue weighted by molar-refractivity contribution is -0.153. The third-order valence-electron chi connectivity index (χ3n) is 3.17. The molecule has 2 rings (SSSR count). The summed E-state index contributed by atoms with van der Waals surface area (Å²) in [6.45, 7) is 7.18. The van der Waals surface area contributed by atoms with Gasteiger partial charge in [0.15, 0.2) is 5.17 Å². The number of hydrogen-bond acceptors (Lipinski definition) is 7. The van der Waals surface area contributed by atoms with Crippen LogP contribution in [-0.2, 0) is 9.47 Å². The van der Waals surface area contributed by atoms with Crippen LogP contribution in [0.2, 0.25) is 0 Å². The molecular formula is C13H22N2O5S. The van der Waals surface area contributed by atoms with Crippen LogP contribution in [0.4, 0.5) is 4.79 Å². The first-order chi connectivity index (χ1) is 9.71. The van der Waals surface area contributed by atoms with Gasteiger partial charge in [0.1, 0.15) is 29.3 Å². The van der Waals surface area contributed by atoms with Crippen LogP contribution in [0.5, 0.6) is 0 Å². The van der Waals surface area contributed by atoms with E-state index in [0.717, 1.165) is 0 Å². The number of nitrogens with zero attached hydrogens (tertiary/aromatic N) is 1. The number of carbonyl (C=O) groups is 1. The molecule has 2 aliphatic rings. The lowest BCUT2D eigenvalue weighted by Crippen LogP contribution is -2.54. The highest BCUT2D eigenvalue weighted by Gasteiger charge is 2.47. The average Bonchev–Trinajstić information content (AvgIpc) is 2.74. The fourth-order valence-electron chi connectivity index (χ4n) is 2.22. The lowest BCUT2D eigenvalue weighted by Gasteiger charge is -2.37. The number of aliphatic hydroxyl groups excluding tert-OH is 2. The van der Waals surface area contributed by atoms with Gasteiger partial charge in [0, 0.05) is 0 Å². The highest BCUT2D eigenvalue weighted by molar-refractivity contribution is 8.14. The number of amides is 1. The van der Waals surface area contributed by atoms with Crippen molar-refractivity contribution in [3.63, 3.8) is 0 Å². The smallest absolute Gasteiger partial charge is 0.413 e. The van der Waals surface area contributed by atoms with Crippen molar-refractivity contribution >= 4 is 23.0 Å². The van der Waals surface area contributed by atoms with Crippen molar-refractivity contribution in [2.24, 2.45) is 4.99 Å². The number of alkyl carbamates (subject to hydrolysis) is 1. The predicted molar refractivity (Wildman–Crippen MR) is 79.1 cm³/mol. The monoisotopic (exact) mass is 318 g/mol. The SMILES string of the molecule is CC[C@H]1O[C@@H]2SC(NC(=O)OC(C)(C)C)=N[C@@H]2[C@@H](O)[C@@H]1O.